The Labute approximate surface area is 144 Å². The molecule has 0 aliphatic carbocycles. The van der Waals surface area contributed by atoms with Crippen LogP contribution in [0.4, 0.5) is 5.69 Å². The van der Waals surface area contributed by atoms with Gasteiger partial charge in [0, 0.05) is 58.0 Å². The molecular formula is C17H29N5O2. The molecule has 134 valence electrons. The molecule has 0 spiro atoms. The van der Waals surface area contributed by atoms with Crippen molar-refractivity contribution in [3.05, 3.63) is 30.3 Å². The highest BCUT2D eigenvalue weighted by Crippen LogP contribution is 2.14. The number of nitrogens with zero attached hydrogens (tertiary/aromatic N) is 3. The van der Waals surface area contributed by atoms with Gasteiger partial charge >= 0.3 is 0 Å². The standard InChI is InChI=1S/C17H29N5O2/c23-17(15-19-22-10-12-24-13-11-22)14-18-21-8-6-20(7-9-21)16-4-2-1-3-5-16/h1-5,17-19,23H,6-15H2. The van der Waals surface area contributed by atoms with Crippen LogP contribution in [-0.2, 0) is 4.74 Å². The molecule has 1 aromatic rings. The van der Waals surface area contributed by atoms with E-state index in [4.69, 9.17) is 4.74 Å². The molecule has 0 saturated carbocycles. The predicted molar refractivity (Wildman–Crippen MR) is 94.6 cm³/mol. The van der Waals surface area contributed by atoms with Crippen molar-refractivity contribution >= 4 is 5.69 Å². The first-order valence-corrected chi connectivity index (χ1v) is 8.84. The van der Waals surface area contributed by atoms with Gasteiger partial charge in [0.1, 0.15) is 0 Å². The van der Waals surface area contributed by atoms with Crippen LogP contribution in [0.15, 0.2) is 30.3 Å². The second kappa shape index (κ2) is 9.31. The van der Waals surface area contributed by atoms with Gasteiger partial charge < -0.3 is 14.7 Å². The summed E-state index contributed by atoms with van der Waals surface area (Å²) in [6.45, 7) is 8.32. The Morgan fingerprint density at radius 1 is 0.875 bits per heavy atom. The van der Waals surface area contributed by atoms with E-state index in [0.29, 0.717) is 13.1 Å². The lowest BCUT2D eigenvalue weighted by molar-refractivity contribution is 0.00151. The summed E-state index contributed by atoms with van der Waals surface area (Å²) in [5.74, 6) is 0. The van der Waals surface area contributed by atoms with Crippen LogP contribution in [0.3, 0.4) is 0 Å². The second-order valence-electron chi connectivity index (χ2n) is 6.29. The smallest absolute Gasteiger partial charge is 0.0816 e. The largest absolute Gasteiger partial charge is 0.390 e. The summed E-state index contributed by atoms with van der Waals surface area (Å²) in [5, 5.41) is 14.4. The van der Waals surface area contributed by atoms with E-state index in [2.05, 4.69) is 50.0 Å². The van der Waals surface area contributed by atoms with Gasteiger partial charge in [0.2, 0.25) is 0 Å². The van der Waals surface area contributed by atoms with Gasteiger partial charge in [-0.2, -0.15) is 0 Å². The summed E-state index contributed by atoms with van der Waals surface area (Å²) in [5.41, 5.74) is 7.91. The lowest BCUT2D eigenvalue weighted by atomic mass is 10.2. The Morgan fingerprint density at radius 2 is 1.46 bits per heavy atom. The van der Waals surface area contributed by atoms with Crippen LogP contribution in [0.25, 0.3) is 0 Å². The topological polar surface area (TPSA) is 63.2 Å². The number of morpholine rings is 1. The maximum absolute atomic E-state index is 10.1. The zero-order chi connectivity index (χ0) is 16.6. The lowest BCUT2D eigenvalue weighted by Gasteiger charge is -2.36. The van der Waals surface area contributed by atoms with Crippen molar-refractivity contribution in [2.75, 3.05) is 70.5 Å². The third-order valence-electron chi connectivity index (χ3n) is 4.51. The van der Waals surface area contributed by atoms with Crippen LogP contribution < -0.4 is 15.8 Å². The van der Waals surface area contributed by atoms with E-state index < -0.39 is 6.10 Å². The monoisotopic (exact) mass is 335 g/mol. The summed E-state index contributed by atoms with van der Waals surface area (Å²) in [7, 11) is 0. The van der Waals surface area contributed by atoms with Gasteiger partial charge in [-0.15, -0.1) is 0 Å². The minimum absolute atomic E-state index is 0.403. The van der Waals surface area contributed by atoms with Crippen LogP contribution in [0, 0.1) is 0 Å². The molecule has 0 amide bonds. The van der Waals surface area contributed by atoms with Crippen molar-refractivity contribution in [3.63, 3.8) is 0 Å². The van der Waals surface area contributed by atoms with Gasteiger partial charge in [-0.3, -0.25) is 10.9 Å². The van der Waals surface area contributed by atoms with Crippen molar-refractivity contribution in [2.45, 2.75) is 6.10 Å². The molecular weight excluding hydrogens is 306 g/mol. The maximum Gasteiger partial charge on any atom is 0.0816 e. The van der Waals surface area contributed by atoms with Crippen LogP contribution >= 0.6 is 0 Å². The van der Waals surface area contributed by atoms with Gasteiger partial charge in [0.05, 0.1) is 19.3 Å². The van der Waals surface area contributed by atoms with Gasteiger partial charge in [-0.1, -0.05) is 18.2 Å². The van der Waals surface area contributed by atoms with E-state index >= 15 is 0 Å². The molecule has 3 rings (SSSR count). The fraction of sp³-hybridized carbons (Fsp3) is 0.647. The van der Waals surface area contributed by atoms with E-state index in [1.807, 2.05) is 6.07 Å². The van der Waals surface area contributed by atoms with E-state index in [0.717, 1.165) is 52.5 Å². The van der Waals surface area contributed by atoms with Crippen molar-refractivity contribution in [3.8, 4) is 0 Å². The van der Waals surface area contributed by atoms with Crippen molar-refractivity contribution in [1.82, 2.24) is 20.9 Å². The van der Waals surface area contributed by atoms with Gasteiger partial charge in [-0.05, 0) is 12.1 Å². The highest BCUT2D eigenvalue weighted by Gasteiger charge is 2.18. The number of aliphatic hydroxyl groups excluding tert-OH is 1. The summed E-state index contributed by atoms with van der Waals surface area (Å²) >= 11 is 0. The van der Waals surface area contributed by atoms with Gasteiger partial charge in [-0.25, -0.2) is 10.0 Å². The number of anilines is 1. The number of benzene rings is 1. The average molecular weight is 335 g/mol. The third-order valence-corrected chi connectivity index (χ3v) is 4.51. The lowest BCUT2D eigenvalue weighted by Crippen LogP contribution is -2.55. The number of hydrogen-bond donors (Lipinski definition) is 3. The average Bonchev–Trinajstić information content (AvgIpc) is 2.67. The Hall–Kier alpha value is -1.22. The molecule has 2 fully saturated rings. The maximum atomic E-state index is 10.1. The van der Waals surface area contributed by atoms with E-state index in [1.54, 1.807) is 0 Å². The quantitative estimate of drug-likeness (QED) is 0.622. The number of ether oxygens (including phenoxy) is 1. The number of piperazine rings is 1. The van der Waals surface area contributed by atoms with Crippen LogP contribution in [0.2, 0.25) is 0 Å². The highest BCUT2D eigenvalue weighted by atomic mass is 16.5. The van der Waals surface area contributed by atoms with E-state index in [9.17, 15) is 5.11 Å². The fourth-order valence-electron chi connectivity index (χ4n) is 3.02. The molecule has 1 aromatic carbocycles. The molecule has 24 heavy (non-hydrogen) atoms. The Morgan fingerprint density at radius 3 is 2.08 bits per heavy atom. The normalized spacial score (nSPS) is 21.8. The van der Waals surface area contributed by atoms with Crippen molar-refractivity contribution < 1.29 is 9.84 Å². The summed E-state index contributed by atoms with van der Waals surface area (Å²) in [6.07, 6.45) is -0.403. The molecule has 7 heteroatoms. The zero-order valence-corrected chi connectivity index (χ0v) is 14.2. The van der Waals surface area contributed by atoms with Crippen molar-refractivity contribution in [1.29, 1.82) is 0 Å². The first-order chi connectivity index (χ1) is 11.8. The van der Waals surface area contributed by atoms with E-state index in [1.165, 1.54) is 5.69 Å². The highest BCUT2D eigenvalue weighted by molar-refractivity contribution is 5.46. The minimum Gasteiger partial charge on any atom is -0.390 e. The van der Waals surface area contributed by atoms with Crippen molar-refractivity contribution in [2.24, 2.45) is 0 Å². The van der Waals surface area contributed by atoms with Crippen LogP contribution in [0.5, 0.6) is 0 Å². The number of rotatable bonds is 7. The van der Waals surface area contributed by atoms with Gasteiger partial charge in [0.15, 0.2) is 0 Å². The molecule has 0 radical (unpaired) electrons. The SMILES string of the molecule is OC(CNN1CCOCC1)CNN1CCN(c2ccccc2)CC1. The molecule has 1 unspecified atom stereocenters. The number of aliphatic hydroxyl groups is 1. The summed E-state index contributed by atoms with van der Waals surface area (Å²) in [4.78, 5) is 2.40. The third kappa shape index (κ3) is 5.41. The Bertz CT molecular complexity index is 461. The predicted octanol–water partition coefficient (Wildman–Crippen LogP) is -0.489. The first kappa shape index (κ1) is 17.6. The molecule has 2 heterocycles. The van der Waals surface area contributed by atoms with Crippen LogP contribution in [-0.4, -0.2) is 86.8 Å². The van der Waals surface area contributed by atoms with Gasteiger partial charge in [0.25, 0.3) is 0 Å². The molecule has 3 N–H and O–H groups in total. The summed E-state index contributed by atoms with van der Waals surface area (Å²) < 4.78 is 5.31. The zero-order valence-electron chi connectivity index (χ0n) is 14.2. The van der Waals surface area contributed by atoms with E-state index in [-0.39, 0.29) is 0 Å². The Kier molecular flexibility index (Phi) is 6.83. The molecule has 7 nitrogen and oxygen atoms in total. The summed E-state index contributed by atoms with van der Waals surface area (Å²) in [6, 6.07) is 10.5. The second-order valence-corrected chi connectivity index (χ2v) is 6.29. The number of hydrazine groups is 2. The number of nitrogens with one attached hydrogen (secondary N) is 2. The van der Waals surface area contributed by atoms with Crippen LogP contribution in [0.1, 0.15) is 0 Å². The number of hydrogen-bond acceptors (Lipinski definition) is 7. The first-order valence-electron chi connectivity index (χ1n) is 8.84. The number of para-hydroxylation sites is 1. The molecule has 0 bridgehead atoms. The molecule has 2 aliphatic heterocycles. The molecule has 0 aromatic heterocycles. The molecule has 1 atom stereocenters. The molecule has 2 saturated heterocycles. The minimum atomic E-state index is -0.403. The fourth-order valence-corrected chi connectivity index (χ4v) is 3.02. The Balaban J connectivity index is 1.30. The molecule has 2 aliphatic rings.